The molecule has 1 N–H and O–H groups in total. The first-order chi connectivity index (χ1) is 12.9. The van der Waals surface area contributed by atoms with Crippen LogP contribution in [0.1, 0.15) is 21.5 Å². The third kappa shape index (κ3) is 3.90. The Morgan fingerprint density at radius 1 is 1.19 bits per heavy atom. The maximum atomic E-state index is 14.1. The van der Waals surface area contributed by atoms with Crippen LogP contribution >= 0.6 is 11.6 Å². The van der Waals surface area contributed by atoms with E-state index in [4.69, 9.17) is 16.3 Å². The summed E-state index contributed by atoms with van der Waals surface area (Å²) in [5, 5.41) is 9.87. The van der Waals surface area contributed by atoms with Gasteiger partial charge in [0, 0.05) is 23.2 Å². The van der Waals surface area contributed by atoms with E-state index in [1.165, 1.54) is 25.3 Å². The molecule has 4 nitrogen and oxygen atoms in total. The molecular weight excluding hydrogens is 376 g/mol. The molecule has 138 valence electrons. The van der Waals surface area contributed by atoms with Crippen molar-refractivity contribution in [3.8, 4) is 17.0 Å². The van der Waals surface area contributed by atoms with Gasteiger partial charge in [-0.25, -0.2) is 13.6 Å². The van der Waals surface area contributed by atoms with Gasteiger partial charge in [-0.2, -0.15) is 0 Å². The minimum atomic E-state index is -1.18. The van der Waals surface area contributed by atoms with Crippen LogP contribution in [0.3, 0.4) is 0 Å². The molecule has 0 bridgehead atoms. The number of pyridine rings is 1. The lowest BCUT2D eigenvalue weighted by atomic mass is 9.98. The predicted octanol–water partition coefficient (Wildman–Crippen LogP) is 4.98. The first-order valence-corrected chi connectivity index (χ1v) is 8.27. The SMILES string of the molecule is COc1ccc(Cl)c(Cc2cc(-c3cccc(F)c3F)ncc2C(=O)O)c1. The molecule has 1 aromatic heterocycles. The van der Waals surface area contributed by atoms with Crippen LogP contribution < -0.4 is 4.74 Å². The number of carboxylic acid groups (broad SMARTS) is 1. The number of rotatable bonds is 5. The highest BCUT2D eigenvalue weighted by Gasteiger charge is 2.17. The van der Waals surface area contributed by atoms with Crippen molar-refractivity contribution in [2.45, 2.75) is 6.42 Å². The molecule has 0 aliphatic heterocycles. The number of aromatic carboxylic acids is 1. The van der Waals surface area contributed by atoms with E-state index in [-0.39, 0.29) is 23.2 Å². The fourth-order valence-corrected chi connectivity index (χ4v) is 2.89. The molecule has 3 rings (SSSR count). The third-order valence-corrected chi connectivity index (χ3v) is 4.45. The molecule has 0 aliphatic carbocycles. The second-order valence-corrected chi connectivity index (χ2v) is 6.17. The number of methoxy groups -OCH3 is 1. The molecular formula is C20H14ClF2NO3. The van der Waals surface area contributed by atoms with Gasteiger partial charge in [-0.1, -0.05) is 17.7 Å². The van der Waals surface area contributed by atoms with E-state index in [0.717, 1.165) is 12.3 Å². The number of nitrogens with zero attached hydrogens (tertiary/aromatic N) is 1. The maximum absolute atomic E-state index is 14.1. The van der Waals surface area contributed by atoms with E-state index < -0.39 is 17.6 Å². The lowest BCUT2D eigenvalue weighted by Gasteiger charge is -2.12. The smallest absolute Gasteiger partial charge is 0.337 e. The molecule has 2 aromatic carbocycles. The quantitative estimate of drug-likeness (QED) is 0.668. The molecule has 0 saturated carbocycles. The molecule has 1 heterocycles. The first kappa shape index (κ1) is 18.8. The summed E-state index contributed by atoms with van der Waals surface area (Å²) >= 11 is 6.21. The highest BCUT2D eigenvalue weighted by atomic mass is 35.5. The number of ether oxygens (including phenoxy) is 1. The summed E-state index contributed by atoms with van der Waals surface area (Å²) in [4.78, 5) is 15.5. The van der Waals surface area contributed by atoms with Crippen molar-refractivity contribution < 1.29 is 23.4 Å². The van der Waals surface area contributed by atoms with Gasteiger partial charge in [0.15, 0.2) is 11.6 Å². The lowest BCUT2D eigenvalue weighted by Crippen LogP contribution is -2.06. The summed E-state index contributed by atoms with van der Waals surface area (Å²) < 4.78 is 32.8. The number of benzene rings is 2. The van der Waals surface area contributed by atoms with E-state index in [2.05, 4.69) is 4.98 Å². The van der Waals surface area contributed by atoms with Crippen molar-refractivity contribution >= 4 is 17.6 Å². The average Bonchev–Trinajstić information content (AvgIpc) is 2.65. The van der Waals surface area contributed by atoms with Crippen molar-refractivity contribution in [1.82, 2.24) is 4.98 Å². The number of hydrogen-bond acceptors (Lipinski definition) is 3. The Kier molecular flexibility index (Phi) is 5.37. The summed E-state index contributed by atoms with van der Waals surface area (Å²) in [6.07, 6.45) is 1.29. The normalized spacial score (nSPS) is 10.7. The number of carboxylic acids is 1. The number of halogens is 3. The molecule has 27 heavy (non-hydrogen) atoms. The van der Waals surface area contributed by atoms with Crippen LogP contribution in [0.5, 0.6) is 5.75 Å². The molecule has 0 aliphatic rings. The standard InChI is InChI=1S/C20H14ClF2NO3/c1-27-13-5-6-16(21)12(8-13)7-11-9-18(24-10-15(11)20(25)26)14-3-2-4-17(22)19(14)23/h2-6,8-10H,7H2,1H3,(H,25,26). The number of hydrogen-bond donors (Lipinski definition) is 1. The van der Waals surface area contributed by atoms with Crippen LogP contribution in [-0.2, 0) is 6.42 Å². The lowest BCUT2D eigenvalue weighted by molar-refractivity contribution is 0.0695. The topological polar surface area (TPSA) is 59.4 Å². The van der Waals surface area contributed by atoms with Crippen molar-refractivity contribution in [2.24, 2.45) is 0 Å². The first-order valence-electron chi connectivity index (χ1n) is 7.89. The fourth-order valence-electron chi connectivity index (χ4n) is 2.70. The van der Waals surface area contributed by atoms with Gasteiger partial charge in [0.2, 0.25) is 0 Å². The van der Waals surface area contributed by atoms with Gasteiger partial charge >= 0.3 is 5.97 Å². The van der Waals surface area contributed by atoms with E-state index >= 15 is 0 Å². The Bertz CT molecular complexity index is 1020. The van der Waals surface area contributed by atoms with Crippen molar-refractivity contribution in [3.63, 3.8) is 0 Å². The van der Waals surface area contributed by atoms with E-state index in [0.29, 0.717) is 21.9 Å². The second-order valence-electron chi connectivity index (χ2n) is 5.77. The highest BCUT2D eigenvalue weighted by molar-refractivity contribution is 6.31. The Labute approximate surface area is 159 Å². The maximum Gasteiger partial charge on any atom is 0.337 e. The van der Waals surface area contributed by atoms with E-state index in [1.807, 2.05) is 0 Å². The van der Waals surface area contributed by atoms with Gasteiger partial charge in [-0.05, 0) is 47.5 Å². The van der Waals surface area contributed by atoms with Crippen molar-refractivity contribution in [3.05, 3.63) is 82.0 Å². The van der Waals surface area contributed by atoms with Crippen LogP contribution in [0.25, 0.3) is 11.3 Å². The monoisotopic (exact) mass is 389 g/mol. The Morgan fingerprint density at radius 3 is 2.67 bits per heavy atom. The van der Waals surface area contributed by atoms with Crippen LogP contribution in [0.15, 0.2) is 48.7 Å². The highest BCUT2D eigenvalue weighted by Crippen LogP contribution is 2.29. The van der Waals surface area contributed by atoms with E-state index in [9.17, 15) is 18.7 Å². The van der Waals surface area contributed by atoms with Gasteiger partial charge < -0.3 is 9.84 Å². The van der Waals surface area contributed by atoms with Gasteiger partial charge in [0.25, 0.3) is 0 Å². The Balaban J connectivity index is 2.10. The Morgan fingerprint density at radius 2 is 1.96 bits per heavy atom. The van der Waals surface area contributed by atoms with Crippen LogP contribution in [-0.4, -0.2) is 23.2 Å². The largest absolute Gasteiger partial charge is 0.497 e. The molecule has 3 aromatic rings. The van der Waals surface area contributed by atoms with Crippen LogP contribution in [0.2, 0.25) is 5.02 Å². The summed E-state index contributed by atoms with van der Waals surface area (Å²) in [7, 11) is 1.51. The number of aromatic nitrogens is 1. The Hall–Kier alpha value is -2.99. The molecule has 0 radical (unpaired) electrons. The van der Waals surface area contributed by atoms with E-state index in [1.54, 1.807) is 18.2 Å². The second kappa shape index (κ2) is 7.72. The van der Waals surface area contributed by atoms with Crippen molar-refractivity contribution in [2.75, 3.05) is 7.11 Å². The predicted molar refractivity (Wildman–Crippen MR) is 97.4 cm³/mol. The molecule has 0 spiro atoms. The zero-order valence-electron chi connectivity index (χ0n) is 14.2. The summed E-state index contributed by atoms with van der Waals surface area (Å²) in [6.45, 7) is 0. The molecule has 0 saturated heterocycles. The average molecular weight is 390 g/mol. The minimum absolute atomic E-state index is 0.0468. The van der Waals surface area contributed by atoms with Gasteiger partial charge in [-0.15, -0.1) is 0 Å². The molecule has 0 unspecified atom stereocenters. The minimum Gasteiger partial charge on any atom is -0.497 e. The zero-order valence-corrected chi connectivity index (χ0v) is 14.9. The van der Waals surface area contributed by atoms with Gasteiger partial charge in [0.1, 0.15) is 5.75 Å². The van der Waals surface area contributed by atoms with Crippen molar-refractivity contribution in [1.29, 1.82) is 0 Å². The molecule has 0 amide bonds. The van der Waals surface area contributed by atoms with Gasteiger partial charge in [0.05, 0.1) is 18.4 Å². The summed E-state index contributed by atoms with van der Waals surface area (Å²) in [5.74, 6) is -2.66. The zero-order chi connectivity index (χ0) is 19.6. The summed E-state index contributed by atoms with van der Waals surface area (Å²) in [5.41, 5.74) is 1.03. The molecule has 7 heteroatoms. The van der Waals surface area contributed by atoms with Crippen LogP contribution in [0, 0.1) is 11.6 Å². The van der Waals surface area contributed by atoms with Crippen LogP contribution in [0.4, 0.5) is 8.78 Å². The number of carbonyl (C=O) groups is 1. The summed E-state index contributed by atoms with van der Waals surface area (Å²) in [6, 6.07) is 10.2. The molecule has 0 atom stereocenters. The fraction of sp³-hybridized carbons (Fsp3) is 0.100. The molecule has 0 fully saturated rings. The third-order valence-electron chi connectivity index (χ3n) is 4.08. The van der Waals surface area contributed by atoms with Gasteiger partial charge in [-0.3, -0.25) is 4.98 Å².